The molecule has 0 unspecified atom stereocenters. The molecule has 2 heterocycles. The SMILES string of the molecule is O=[N+]([O-])c1cc(Cl)ccc1N1CCN(c2ccc([N+](=O)[O-])c3cccnc23)CC1. The van der Waals surface area contributed by atoms with Crippen LogP contribution in [0.3, 0.4) is 0 Å². The Kier molecular flexibility index (Phi) is 4.89. The average molecular weight is 414 g/mol. The molecule has 9 nitrogen and oxygen atoms in total. The summed E-state index contributed by atoms with van der Waals surface area (Å²) in [5.41, 5.74) is 1.93. The minimum Gasteiger partial charge on any atom is -0.366 e. The molecule has 1 aliphatic rings. The highest BCUT2D eigenvalue weighted by Crippen LogP contribution is 2.35. The van der Waals surface area contributed by atoms with Crippen molar-refractivity contribution in [2.45, 2.75) is 0 Å². The highest BCUT2D eigenvalue weighted by Gasteiger charge is 2.26. The van der Waals surface area contributed by atoms with Crippen LogP contribution in [0, 0.1) is 20.2 Å². The van der Waals surface area contributed by atoms with Gasteiger partial charge in [0.05, 0.1) is 20.9 Å². The number of fused-ring (bicyclic) bond motifs is 1. The normalized spacial score (nSPS) is 14.2. The van der Waals surface area contributed by atoms with Gasteiger partial charge < -0.3 is 9.80 Å². The molecule has 4 rings (SSSR count). The zero-order chi connectivity index (χ0) is 20.5. The maximum Gasteiger partial charge on any atom is 0.294 e. The van der Waals surface area contributed by atoms with Crippen LogP contribution in [0.15, 0.2) is 48.7 Å². The number of piperazine rings is 1. The van der Waals surface area contributed by atoms with E-state index in [0.717, 1.165) is 5.69 Å². The lowest BCUT2D eigenvalue weighted by molar-refractivity contribution is -0.384. The smallest absolute Gasteiger partial charge is 0.294 e. The highest BCUT2D eigenvalue weighted by atomic mass is 35.5. The fourth-order valence-corrected chi connectivity index (χ4v) is 3.82. The first kappa shape index (κ1) is 18.9. The molecule has 148 valence electrons. The van der Waals surface area contributed by atoms with Crippen LogP contribution in [-0.2, 0) is 0 Å². The van der Waals surface area contributed by atoms with E-state index in [0.29, 0.717) is 47.8 Å². The summed E-state index contributed by atoms with van der Waals surface area (Å²) in [6.45, 7) is 2.33. The van der Waals surface area contributed by atoms with Crippen molar-refractivity contribution >= 4 is 45.3 Å². The number of hydrogen-bond donors (Lipinski definition) is 0. The van der Waals surface area contributed by atoms with Gasteiger partial charge in [-0.25, -0.2) is 0 Å². The second kappa shape index (κ2) is 7.51. The number of nitro benzene ring substituents is 2. The van der Waals surface area contributed by atoms with Gasteiger partial charge in [-0.3, -0.25) is 25.2 Å². The maximum atomic E-state index is 11.4. The Morgan fingerprint density at radius 2 is 1.48 bits per heavy atom. The first-order chi connectivity index (χ1) is 14.0. The van der Waals surface area contributed by atoms with Crippen LogP contribution in [0.1, 0.15) is 0 Å². The fourth-order valence-electron chi connectivity index (χ4n) is 3.66. The van der Waals surface area contributed by atoms with E-state index in [1.807, 2.05) is 4.90 Å². The molecule has 0 atom stereocenters. The fraction of sp³-hybridized carbons (Fsp3) is 0.211. The second-order valence-electron chi connectivity index (χ2n) is 6.62. The van der Waals surface area contributed by atoms with E-state index in [1.165, 1.54) is 12.1 Å². The molecule has 0 N–H and O–H groups in total. The van der Waals surface area contributed by atoms with Crippen LogP contribution < -0.4 is 9.80 Å². The lowest BCUT2D eigenvalue weighted by atomic mass is 10.1. The Morgan fingerprint density at radius 3 is 2.14 bits per heavy atom. The van der Waals surface area contributed by atoms with Crippen molar-refractivity contribution in [2.24, 2.45) is 0 Å². The first-order valence-electron chi connectivity index (χ1n) is 8.91. The maximum absolute atomic E-state index is 11.4. The molecule has 10 heteroatoms. The summed E-state index contributed by atoms with van der Waals surface area (Å²) in [7, 11) is 0. The summed E-state index contributed by atoms with van der Waals surface area (Å²) in [5, 5.41) is 23.5. The Morgan fingerprint density at radius 1 is 0.862 bits per heavy atom. The van der Waals surface area contributed by atoms with Crippen LogP contribution in [0.4, 0.5) is 22.7 Å². The van der Waals surface area contributed by atoms with Crippen LogP contribution in [0.25, 0.3) is 10.9 Å². The number of non-ortho nitro benzene ring substituents is 1. The Bertz CT molecular complexity index is 1110. The summed E-state index contributed by atoms with van der Waals surface area (Å²) in [6, 6.07) is 11.2. The van der Waals surface area contributed by atoms with Crippen molar-refractivity contribution in [2.75, 3.05) is 36.0 Å². The van der Waals surface area contributed by atoms with Gasteiger partial charge in [0.2, 0.25) is 0 Å². The molecule has 2 aromatic carbocycles. The molecule has 0 radical (unpaired) electrons. The second-order valence-corrected chi connectivity index (χ2v) is 7.06. The summed E-state index contributed by atoms with van der Waals surface area (Å²) < 4.78 is 0. The largest absolute Gasteiger partial charge is 0.366 e. The molecule has 0 bridgehead atoms. The lowest BCUT2D eigenvalue weighted by Crippen LogP contribution is -2.46. The third-order valence-corrected chi connectivity index (χ3v) is 5.25. The van der Waals surface area contributed by atoms with Gasteiger partial charge in [0.25, 0.3) is 11.4 Å². The summed E-state index contributed by atoms with van der Waals surface area (Å²) in [4.78, 5) is 30.3. The summed E-state index contributed by atoms with van der Waals surface area (Å²) >= 11 is 5.91. The van der Waals surface area contributed by atoms with Crippen LogP contribution in [0.5, 0.6) is 0 Å². The summed E-state index contributed by atoms with van der Waals surface area (Å²) in [6.07, 6.45) is 1.61. The first-order valence-corrected chi connectivity index (χ1v) is 9.29. The van der Waals surface area contributed by atoms with Crippen LogP contribution in [-0.4, -0.2) is 41.0 Å². The Balaban J connectivity index is 1.61. The number of anilines is 2. The number of nitro groups is 2. The van der Waals surface area contributed by atoms with E-state index in [-0.39, 0.29) is 11.4 Å². The van der Waals surface area contributed by atoms with Crippen molar-refractivity contribution in [3.8, 4) is 0 Å². The molecule has 1 saturated heterocycles. The van der Waals surface area contributed by atoms with Gasteiger partial charge >= 0.3 is 0 Å². The quantitative estimate of drug-likeness (QED) is 0.469. The van der Waals surface area contributed by atoms with Crippen LogP contribution in [0.2, 0.25) is 5.02 Å². The molecule has 29 heavy (non-hydrogen) atoms. The van der Waals surface area contributed by atoms with Crippen molar-refractivity contribution < 1.29 is 9.85 Å². The van der Waals surface area contributed by atoms with Gasteiger partial charge in [0.15, 0.2) is 0 Å². The molecule has 1 aromatic heterocycles. The zero-order valence-corrected chi connectivity index (χ0v) is 16.0. The third kappa shape index (κ3) is 3.52. The van der Waals surface area contributed by atoms with Gasteiger partial charge in [-0.15, -0.1) is 0 Å². The van der Waals surface area contributed by atoms with Gasteiger partial charge in [0.1, 0.15) is 11.2 Å². The minimum atomic E-state index is -0.429. The predicted octanol–water partition coefficient (Wildman–Crippen LogP) is 4.03. The number of nitrogens with zero attached hydrogens (tertiary/aromatic N) is 5. The van der Waals surface area contributed by atoms with Crippen molar-refractivity contribution in [3.63, 3.8) is 0 Å². The van der Waals surface area contributed by atoms with Gasteiger partial charge in [-0.1, -0.05) is 11.6 Å². The standard InChI is InChI=1S/C19H16ClN5O4/c20-13-3-4-16(18(12-13)25(28)29)22-8-10-23(11-9-22)17-6-5-15(24(26)27)14-2-1-7-21-19(14)17/h1-7,12H,8-11H2. The minimum absolute atomic E-state index is 0.0200. The zero-order valence-electron chi connectivity index (χ0n) is 15.2. The summed E-state index contributed by atoms with van der Waals surface area (Å²) in [5.74, 6) is 0. The van der Waals surface area contributed by atoms with Gasteiger partial charge in [-0.2, -0.15) is 0 Å². The molecular weight excluding hydrogens is 398 g/mol. The molecule has 0 spiro atoms. The number of pyridine rings is 1. The number of hydrogen-bond acceptors (Lipinski definition) is 7. The molecule has 0 aliphatic carbocycles. The lowest BCUT2D eigenvalue weighted by Gasteiger charge is -2.37. The predicted molar refractivity (Wildman–Crippen MR) is 111 cm³/mol. The van der Waals surface area contributed by atoms with Gasteiger partial charge in [-0.05, 0) is 30.3 Å². The van der Waals surface area contributed by atoms with Crippen molar-refractivity contribution in [1.29, 1.82) is 0 Å². The third-order valence-electron chi connectivity index (χ3n) is 5.02. The number of halogens is 1. The van der Waals surface area contributed by atoms with E-state index in [9.17, 15) is 20.2 Å². The van der Waals surface area contributed by atoms with Crippen molar-refractivity contribution in [1.82, 2.24) is 4.98 Å². The van der Waals surface area contributed by atoms with Gasteiger partial charge in [0, 0.05) is 49.5 Å². The number of benzene rings is 2. The van der Waals surface area contributed by atoms with E-state index >= 15 is 0 Å². The molecule has 0 amide bonds. The van der Waals surface area contributed by atoms with Crippen molar-refractivity contribution in [3.05, 3.63) is 73.9 Å². The Hall–Kier alpha value is -3.46. The Labute approximate surface area is 170 Å². The van der Waals surface area contributed by atoms with E-state index in [2.05, 4.69) is 9.88 Å². The average Bonchev–Trinajstić information content (AvgIpc) is 2.73. The number of aromatic nitrogens is 1. The van der Waals surface area contributed by atoms with E-state index in [4.69, 9.17) is 11.6 Å². The molecule has 1 aliphatic heterocycles. The molecule has 3 aromatic rings. The number of rotatable bonds is 4. The monoisotopic (exact) mass is 413 g/mol. The highest BCUT2D eigenvalue weighted by molar-refractivity contribution is 6.30. The topological polar surface area (TPSA) is 106 Å². The molecular formula is C19H16ClN5O4. The molecule has 0 saturated carbocycles. The van der Waals surface area contributed by atoms with Crippen LogP contribution >= 0.6 is 11.6 Å². The van der Waals surface area contributed by atoms with E-state index < -0.39 is 9.85 Å². The van der Waals surface area contributed by atoms with E-state index in [1.54, 1.807) is 36.5 Å². The molecule has 1 fully saturated rings.